The summed E-state index contributed by atoms with van der Waals surface area (Å²) < 4.78 is 15.2. The number of imidazole rings is 1. The molecule has 0 saturated heterocycles. The summed E-state index contributed by atoms with van der Waals surface area (Å²) in [6, 6.07) is 10.5. The van der Waals surface area contributed by atoms with E-state index in [4.69, 9.17) is 10.7 Å². The monoisotopic (exact) mass is 283 g/mol. The first kappa shape index (κ1) is 13.8. The molecule has 0 aliphatic heterocycles. The van der Waals surface area contributed by atoms with Gasteiger partial charge in [0.2, 0.25) is 0 Å². The van der Waals surface area contributed by atoms with Crippen LogP contribution >= 0.6 is 0 Å². The van der Waals surface area contributed by atoms with Gasteiger partial charge in [-0.05, 0) is 48.9 Å². The molecule has 0 saturated carbocycles. The van der Waals surface area contributed by atoms with Crippen molar-refractivity contribution in [3.05, 3.63) is 59.7 Å². The SMILES string of the molecule is Cc1ccn2c(C(C)CN)c(-c3ccc(F)cc3)nc2c1. The first-order chi connectivity index (χ1) is 10.1. The van der Waals surface area contributed by atoms with E-state index in [1.165, 1.54) is 12.1 Å². The molecular formula is C17H18FN3. The summed E-state index contributed by atoms with van der Waals surface area (Å²) in [6.07, 6.45) is 2.02. The van der Waals surface area contributed by atoms with Crippen LogP contribution in [0.4, 0.5) is 4.39 Å². The number of fused-ring (bicyclic) bond motifs is 1. The van der Waals surface area contributed by atoms with E-state index in [2.05, 4.69) is 17.4 Å². The molecule has 0 amide bonds. The largest absolute Gasteiger partial charge is 0.330 e. The van der Waals surface area contributed by atoms with Gasteiger partial charge in [0.1, 0.15) is 11.5 Å². The quantitative estimate of drug-likeness (QED) is 0.799. The highest BCUT2D eigenvalue weighted by atomic mass is 19.1. The maximum absolute atomic E-state index is 13.1. The van der Waals surface area contributed by atoms with Crippen molar-refractivity contribution in [3.63, 3.8) is 0 Å². The van der Waals surface area contributed by atoms with Crippen molar-refractivity contribution in [3.8, 4) is 11.3 Å². The molecule has 3 aromatic rings. The fourth-order valence-electron chi connectivity index (χ4n) is 2.57. The molecule has 0 spiro atoms. The lowest BCUT2D eigenvalue weighted by Gasteiger charge is -2.11. The van der Waals surface area contributed by atoms with Crippen LogP contribution in [0.25, 0.3) is 16.9 Å². The Bertz CT molecular complexity index is 775. The van der Waals surface area contributed by atoms with Crippen molar-refractivity contribution in [1.82, 2.24) is 9.38 Å². The van der Waals surface area contributed by atoms with Crippen LogP contribution in [0, 0.1) is 12.7 Å². The second-order valence-corrected chi connectivity index (χ2v) is 5.42. The summed E-state index contributed by atoms with van der Waals surface area (Å²) in [4.78, 5) is 4.73. The Labute approximate surface area is 123 Å². The molecule has 4 heteroatoms. The van der Waals surface area contributed by atoms with Crippen LogP contribution < -0.4 is 5.73 Å². The van der Waals surface area contributed by atoms with Gasteiger partial charge in [0.25, 0.3) is 0 Å². The van der Waals surface area contributed by atoms with Gasteiger partial charge >= 0.3 is 0 Å². The third kappa shape index (κ3) is 2.43. The number of nitrogens with zero attached hydrogens (tertiary/aromatic N) is 2. The molecule has 0 aliphatic carbocycles. The van der Waals surface area contributed by atoms with Crippen LogP contribution in [-0.4, -0.2) is 15.9 Å². The third-order valence-corrected chi connectivity index (χ3v) is 3.76. The van der Waals surface area contributed by atoms with Crippen LogP contribution in [0.15, 0.2) is 42.6 Å². The first-order valence-electron chi connectivity index (χ1n) is 7.04. The molecule has 1 aromatic carbocycles. The van der Waals surface area contributed by atoms with Crippen molar-refractivity contribution >= 4 is 5.65 Å². The summed E-state index contributed by atoms with van der Waals surface area (Å²) >= 11 is 0. The topological polar surface area (TPSA) is 43.3 Å². The molecule has 2 N–H and O–H groups in total. The van der Waals surface area contributed by atoms with Crippen molar-refractivity contribution in [2.75, 3.05) is 6.54 Å². The summed E-state index contributed by atoms with van der Waals surface area (Å²) in [5, 5.41) is 0. The molecular weight excluding hydrogens is 265 g/mol. The maximum atomic E-state index is 13.1. The van der Waals surface area contributed by atoms with Gasteiger partial charge < -0.3 is 10.1 Å². The van der Waals surface area contributed by atoms with Crippen LogP contribution in [0.1, 0.15) is 24.1 Å². The number of aromatic nitrogens is 2. The number of halogens is 1. The van der Waals surface area contributed by atoms with E-state index in [0.29, 0.717) is 6.54 Å². The number of benzene rings is 1. The van der Waals surface area contributed by atoms with Gasteiger partial charge in [-0.15, -0.1) is 0 Å². The standard InChI is InChI=1S/C17H18FN3/c1-11-7-8-21-15(9-11)20-16(17(21)12(2)10-19)13-3-5-14(18)6-4-13/h3-9,12H,10,19H2,1-2H3. The van der Waals surface area contributed by atoms with Crippen molar-refractivity contribution in [1.29, 1.82) is 0 Å². The fraction of sp³-hybridized carbons (Fsp3) is 0.235. The summed E-state index contributed by atoms with van der Waals surface area (Å²) in [5.74, 6) is -0.0745. The Hall–Kier alpha value is -2.20. The first-order valence-corrected chi connectivity index (χ1v) is 7.04. The molecule has 0 bridgehead atoms. The van der Waals surface area contributed by atoms with Gasteiger partial charge in [-0.1, -0.05) is 6.92 Å². The Balaban J connectivity index is 2.27. The van der Waals surface area contributed by atoms with Crippen molar-refractivity contribution < 1.29 is 4.39 Å². The van der Waals surface area contributed by atoms with Crippen molar-refractivity contribution in [2.24, 2.45) is 5.73 Å². The Morgan fingerprint density at radius 3 is 2.62 bits per heavy atom. The number of pyridine rings is 1. The lowest BCUT2D eigenvalue weighted by Crippen LogP contribution is -2.12. The second kappa shape index (κ2) is 5.30. The summed E-state index contributed by atoms with van der Waals surface area (Å²) in [6.45, 7) is 4.66. The van der Waals surface area contributed by atoms with Gasteiger partial charge in [0, 0.05) is 24.2 Å². The molecule has 21 heavy (non-hydrogen) atoms. The van der Waals surface area contributed by atoms with Gasteiger partial charge in [0.15, 0.2) is 0 Å². The smallest absolute Gasteiger partial charge is 0.137 e. The maximum Gasteiger partial charge on any atom is 0.137 e. The zero-order valence-corrected chi connectivity index (χ0v) is 12.2. The van der Waals surface area contributed by atoms with E-state index in [1.807, 2.05) is 19.2 Å². The van der Waals surface area contributed by atoms with E-state index in [9.17, 15) is 4.39 Å². The van der Waals surface area contributed by atoms with E-state index in [-0.39, 0.29) is 11.7 Å². The zero-order chi connectivity index (χ0) is 15.0. The minimum Gasteiger partial charge on any atom is -0.330 e. The minimum atomic E-state index is -0.244. The van der Waals surface area contributed by atoms with E-state index >= 15 is 0 Å². The summed E-state index contributed by atoms with van der Waals surface area (Å²) in [5.41, 5.74) is 10.8. The number of hydrogen-bond acceptors (Lipinski definition) is 2. The predicted molar refractivity (Wildman–Crippen MR) is 82.8 cm³/mol. The molecule has 3 nitrogen and oxygen atoms in total. The van der Waals surface area contributed by atoms with E-state index < -0.39 is 0 Å². The lowest BCUT2D eigenvalue weighted by molar-refractivity contribution is 0.628. The fourth-order valence-corrected chi connectivity index (χ4v) is 2.57. The van der Waals surface area contributed by atoms with Crippen molar-refractivity contribution in [2.45, 2.75) is 19.8 Å². The molecule has 1 unspecified atom stereocenters. The van der Waals surface area contributed by atoms with E-state index in [0.717, 1.165) is 28.2 Å². The minimum absolute atomic E-state index is 0.169. The van der Waals surface area contributed by atoms with Gasteiger partial charge in [0.05, 0.1) is 11.4 Å². The van der Waals surface area contributed by atoms with Crippen LogP contribution in [0.2, 0.25) is 0 Å². The van der Waals surface area contributed by atoms with Crippen LogP contribution in [-0.2, 0) is 0 Å². The normalized spacial score (nSPS) is 12.8. The van der Waals surface area contributed by atoms with Gasteiger partial charge in [-0.2, -0.15) is 0 Å². The average molecular weight is 283 g/mol. The van der Waals surface area contributed by atoms with Crippen LogP contribution in [0.5, 0.6) is 0 Å². The second-order valence-electron chi connectivity index (χ2n) is 5.42. The number of aryl methyl sites for hydroxylation is 1. The third-order valence-electron chi connectivity index (χ3n) is 3.76. The molecule has 1 atom stereocenters. The molecule has 3 rings (SSSR count). The Morgan fingerprint density at radius 2 is 1.95 bits per heavy atom. The Kier molecular flexibility index (Phi) is 3.47. The number of hydrogen-bond donors (Lipinski definition) is 1. The molecule has 0 aliphatic rings. The van der Waals surface area contributed by atoms with Gasteiger partial charge in [-0.25, -0.2) is 9.37 Å². The molecule has 108 valence electrons. The average Bonchev–Trinajstić information content (AvgIpc) is 2.85. The molecule has 2 heterocycles. The number of nitrogens with two attached hydrogens (primary N) is 1. The molecule has 0 radical (unpaired) electrons. The highest BCUT2D eigenvalue weighted by Crippen LogP contribution is 2.30. The van der Waals surface area contributed by atoms with Gasteiger partial charge in [-0.3, -0.25) is 0 Å². The lowest BCUT2D eigenvalue weighted by atomic mass is 10.0. The zero-order valence-electron chi connectivity index (χ0n) is 12.2. The summed E-state index contributed by atoms with van der Waals surface area (Å²) in [7, 11) is 0. The number of rotatable bonds is 3. The van der Waals surface area contributed by atoms with Crippen LogP contribution in [0.3, 0.4) is 0 Å². The Morgan fingerprint density at radius 1 is 1.24 bits per heavy atom. The predicted octanol–water partition coefficient (Wildman–Crippen LogP) is 3.51. The van der Waals surface area contributed by atoms with E-state index in [1.54, 1.807) is 12.1 Å². The highest BCUT2D eigenvalue weighted by Gasteiger charge is 2.18. The molecule has 0 fully saturated rings. The molecule has 2 aromatic heterocycles. The highest BCUT2D eigenvalue weighted by molar-refractivity contribution is 5.67.